The van der Waals surface area contributed by atoms with Gasteiger partial charge in [-0.2, -0.15) is 0 Å². The summed E-state index contributed by atoms with van der Waals surface area (Å²) in [6.07, 6.45) is 3.14. The van der Waals surface area contributed by atoms with E-state index in [-0.39, 0.29) is 11.0 Å². The van der Waals surface area contributed by atoms with E-state index < -0.39 is 0 Å². The third-order valence-corrected chi connectivity index (χ3v) is 2.86. The Morgan fingerprint density at radius 2 is 1.89 bits per heavy atom. The van der Waals surface area contributed by atoms with Gasteiger partial charge in [0.25, 0.3) is 0 Å². The van der Waals surface area contributed by atoms with E-state index >= 15 is 0 Å². The molecule has 0 aromatic carbocycles. The molecular formula is C15H29N3O. The van der Waals surface area contributed by atoms with Crippen molar-refractivity contribution < 1.29 is 4.74 Å². The summed E-state index contributed by atoms with van der Waals surface area (Å²) in [5.41, 5.74) is 1.33. The van der Waals surface area contributed by atoms with Crippen LogP contribution in [0.25, 0.3) is 0 Å². The van der Waals surface area contributed by atoms with E-state index in [1.807, 2.05) is 6.92 Å². The largest absolute Gasteiger partial charge is 0.383 e. The minimum Gasteiger partial charge on any atom is -0.383 e. The lowest BCUT2D eigenvalue weighted by Gasteiger charge is -2.33. The molecule has 4 heteroatoms. The summed E-state index contributed by atoms with van der Waals surface area (Å²) in [5.74, 6) is 0.934. The molecule has 4 nitrogen and oxygen atoms in total. The predicted octanol–water partition coefficient (Wildman–Crippen LogP) is 3.46. The maximum atomic E-state index is 5.14. The van der Waals surface area contributed by atoms with Crippen molar-refractivity contribution in [2.75, 3.05) is 19.0 Å². The van der Waals surface area contributed by atoms with Crippen molar-refractivity contribution in [2.24, 2.45) is 5.41 Å². The minimum absolute atomic E-state index is 0.0147. The maximum Gasteiger partial charge on any atom is 0.203 e. The quantitative estimate of drug-likeness (QED) is 0.858. The smallest absolute Gasteiger partial charge is 0.203 e. The zero-order chi connectivity index (χ0) is 14.7. The Balaban J connectivity index is 2.80. The number of aryl methyl sites for hydroxylation is 1. The number of rotatable bonds is 6. The lowest BCUT2D eigenvalue weighted by molar-refractivity contribution is 0.187. The lowest BCUT2D eigenvalue weighted by atomic mass is 9.82. The summed E-state index contributed by atoms with van der Waals surface area (Å²) in [5, 5.41) is 3.57. The van der Waals surface area contributed by atoms with E-state index in [2.05, 4.69) is 55.7 Å². The number of ether oxygens (including phenoxy) is 1. The molecule has 1 aromatic heterocycles. The van der Waals surface area contributed by atoms with Gasteiger partial charge in [-0.15, -0.1) is 0 Å². The Morgan fingerprint density at radius 3 is 2.42 bits per heavy atom. The van der Waals surface area contributed by atoms with Gasteiger partial charge in [-0.05, 0) is 32.6 Å². The molecule has 0 atom stereocenters. The van der Waals surface area contributed by atoms with E-state index in [9.17, 15) is 0 Å². The van der Waals surface area contributed by atoms with Crippen LogP contribution in [0.3, 0.4) is 0 Å². The molecule has 0 aliphatic rings. The molecule has 0 saturated heterocycles. The molecule has 19 heavy (non-hydrogen) atoms. The van der Waals surface area contributed by atoms with Crippen molar-refractivity contribution in [3.63, 3.8) is 0 Å². The topological polar surface area (TPSA) is 39.1 Å². The monoisotopic (exact) mass is 267 g/mol. The van der Waals surface area contributed by atoms with Crippen LogP contribution in [0.2, 0.25) is 0 Å². The van der Waals surface area contributed by atoms with E-state index in [1.165, 1.54) is 0 Å². The summed E-state index contributed by atoms with van der Waals surface area (Å²) >= 11 is 0. The Bertz CT molecular complexity index is 402. The molecule has 1 aromatic rings. The van der Waals surface area contributed by atoms with Gasteiger partial charge in [-0.1, -0.05) is 20.8 Å². The van der Waals surface area contributed by atoms with Crippen molar-refractivity contribution >= 4 is 5.95 Å². The van der Waals surface area contributed by atoms with Crippen LogP contribution in [0, 0.1) is 12.3 Å². The molecule has 0 spiro atoms. The highest BCUT2D eigenvalue weighted by Gasteiger charge is 2.26. The van der Waals surface area contributed by atoms with E-state index in [0.29, 0.717) is 6.61 Å². The van der Waals surface area contributed by atoms with Crippen molar-refractivity contribution in [1.82, 2.24) is 9.55 Å². The van der Waals surface area contributed by atoms with Gasteiger partial charge in [-0.3, -0.25) is 0 Å². The third-order valence-electron chi connectivity index (χ3n) is 2.86. The summed E-state index contributed by atoms with van der Waals surface area (Å²) in [7, 11) is 1.72. The van der Waals surface area contributed by atoms with Crippen molar-refractivity contribution in [2.45, 2.75) is 60.0 Å². The SMILES string of the molecule is COCCn1cc(C)nc1NC(C)(C)CC(C)(C)C. The van der Waals surface area contributed by atoms with Gasteiger partial charge in [0.15, 0.2) is 0 Å². The van der Waals surface area contributed by atoms with E-state index in [1.54, 1.807) is 7.11 Å². The molecule has 0 amide bonds. The second-order valence-electron chi connectivity index (χ2n) is 7.14. The molecule has 0 saturated carbocycles. The van der Waals surface area contributed by atoms with Crippen molar-refractivity contribution in [3.05, 3.63) is 11.9 Å². The number of imidazole rings is 1. The van der Waals surface area contributed by atoms with Gasteiger partial charge < -0.3 is 14.6 Å². The average Bonchev–Trinajstić information content (AvgIpc) is 2.50. The van der Waals surface area contributed by atoms with Crippen LogP contribution in [0.15, 0.2) is 6.20 Å². The highest BCUT2D eigenvalue weighted by molar-refractivity contribution is 5.32. The lowest BCUT2D eigenvalue weighted by Crippen LogP contribution is -2.36. The highest BCUT2D eigenvalue weighted by Crippen LogP contribution is 2.29. The summed E-state index contributed by atoms with van der Waals surface area (Å²) in [6, 6.07) is 0. The van der Waals surface area contributed by atoms with Gasteiger partial charge in [-0.25, -0.2) is 4.98 Å². The molecule has 0 aliphatic heterocycles. The molecule has 1 N–H and O–H groups in total. The number of anilines is 1. The normalized spacial score (nSPS) is 12.8. The van der Waals surface area contributed by atoms with Crippen LogP contribution in [0.4, 0.5) is 5.95 Å². The number of methoxy groups -OCH3 is 1. The molecule has 1 rings (SSSR count). The van der Waals surface area contributed by atoms with Gasteiger partial charge in [0, 0.05) is 25.4 Å². The third kappa shape index (κ3) is 5.64. The molecule has 0 radical (unpaired) electrons. The zero-order valence-corrected chi connectivity index (χ0v) is 13.5. The Labute approximate surface area is 117 Å². The first-order valence-electron chi connectivity index (χ1n) is 6.94. The van der Waals surface area contributed by atoms with Gasteiger partial charge >= 0.3 is 0 Å². The van der Waals surface area contributed by atoms with E-state index in [4.69, 9.17) is 4.74 Å². The Hall–Kier alpha value is -1.03. The van der Waals surface area contributed by atoms with Crippen LogP contribution < -0.4 is 5.32 Å². The first kappa shape index (κ1) is 16.0. The Morgan fingerprint density at radius 1 is 1.26 bits per heavy atom. The summed E-state index contributed by atoms with van der Waals surface area (Å²) < 4.78 is 7.27. The van der Waals surface area contributed by atoms with Gasteiger partial charge in [0.05, 0.1) is 12.3 Å². The fraction of sp³-hybridized carbons (Fsp3) is 0.800. The van der Waals surface area contributed by atoms with Gasteiger partial charge in [0.2, 0.25) is 5.95 Å². The maximum absolute atomic E-state index is 5.14. The molecule has 0 aliphatic carbocycles. The number of hydrogen-bond donors (Lipinski definition) is 1. The number of aromatic nitrogens is 2. The first-order chi connectivity index (χ1) is 8.63. The Kier molecular flexibility index (Phi) is 5.02. The van der Waals surface area contributed by atoms with Gasteiger partial charge in [0.1, 0.15) is 0 Å². The molecule has 1 heterocycles. The fourth-order valence-corrected chi connectivity index (χ4v) is 2.68. The average molecular weight is 267 g/mol. The van der Waals surface area contributed by atoms with Crippen molar-refractivity contribution in [1.29, 1.82) is 0 Å². The van der Waals surface area contributed by atoms with Crippen molar-refractivity contribution in [3.8, 4) is 0 Å². The number of nitrogens with one attached hydrogen (secondary N) is 1. The predicted molar refractivity (Wildman–Crippen MR) is 80.6 cm³/mol. The molecule has 0 unspecified atom stereocenters. The van der Waals surface area contributed by atoms with Crippen LogP contribution in [-0.4, -0.2) is 28.8 Å². The number of nitrogens with zero attached hydrogens (tertiary/aromatic N) is 2. The van der Waals surface area contributed by atoms with E-state index in [0.717, 1.165) is 24.6 Å². The van der Waals surface area contributed by atoms with Crippen LogP contribution >= 0.6 is 0 Å². The summed E-state index contributed by atoms with van der Waals surface area (Å²) in [6.45, 7) is 14.8. The first-order valence-corrected chi connectivity index (χ1v) is 6.94. The number of hydrogen-bond acceptors (Lipinski definition) is 3. The highest BCUT2D eigenvalue weighted by atomic mass is 16.5. The van der Waals surface area contributed by atoms with Crippen LogP contribution in [0.5, 0.6) is 0 Å². The molecule has 0 bridgehead atoms. The van der Waals surface area contributed by atoms with Crippen LogP contribution in [-0.2, 0) is 11.3 Å². The second-order valence-corrected chi connectivity index (χ2v) is 7.14. The minimum atomic E-state index is 0.0147. The standard InChI is InChI=1S/C15H29N3O/c1-12-10-18(8-9-19-7)13(16-12)17-15(5,6)11-14(2,3)4/h10H,8-9,11H2,1-7H3,(H,16,17). The second kappa shape index (κ2) is 5.95. The zero-order valence-electron chi connectivity index (χ0n) is 13.5. The van der Waals surface area contributed by atoms with Crippen LogP contribution in [0.1, 0.15) is 46.7 Å². The molecular weight excluding hydrogens is 238 g/mol. The fourth-order valence-electron chi connectivity index (χ4n) is 2.68. The summed E-state index contributed by atoms with van der Waals surface area (Å²) in [4.78, 5) is 4.58. The molecule has 0 fully saturated rings. The molecule has 110 valence electrons.